The molecule has 0 spiro atoms. The molecule has 6 heteroatoms. The van der Waals surface area contributed by atoms with Gasteiger partial charge in [-0.15, -0.1) is 0 Å². The number of carbonyl (C=O) groups is 1. The van der Waals surface area contributed by atoms with E-state index < -0.39 is 6.09 Å². The highest BCUT2D eigenvalue weighted by molar-refractivity contribution is 6.20. The molecule has 106 valence electrons. The van der Waals surface area contributed by atoms with Gasteiger partial charge in [-0.3, -0.25) is 0 Å². The van der Waals surface area contributed by atoms with Crippen LogP contribution in [0.1, 0.15) is 12.5 Å². The van der Waals surface area contributed by atoms with Gasteiger partial charge in [0.05, 0.1) is 20.8 Å². The molecule has 1 aromatic rings. The second-order valence-corrected chi connectivity index (χ2v) is 4.13. The molecule has 19 heavy (non-hydrogen) atoms. The molecule has 0 aliphatic carbocycles. The van der Waals surface area contributed by atoms with Gasteiger partial charge in [0, 0.05) is 18.3 Å². The number of carbonyl (C=O) groups excluding carboxylic acids is 1. The fourth-order valence-electron chi connectivity index (χ4n) is 1.55. The summed E-state index contributed by atoms with van der Waals surface area (Å²) in [6.45, 7) is 2.39. The smallest absolute Gasteiger partial charge is 0.424 e. The van der Waals surface area contributed by atoms with E-state index in [4.69, 9.17) is 26.0 Å². The molecule has 0 aromatic heterocycles. The van der Waals surface area contributed by atoms with E-state index in [1.807, 2.05) is 18.2 Å². The summed E-state index contributed by atoms with van der Waals surface area (Å²) in [6, 6.07) is 5.57. The number of hydrogen-bond acceptors (Lipinski definition) is 4. The SMILES string of the molecule is CCOC(=O)N(Cl)CCc1ccc(OC)c(OC)c1. The van der Waals surface area contributed by atoms with E-state index in [0.717, 1.165) is 9.98 Å². The number of ether oxygens (including phenoxy) is 3. The van der Waals surface area contributed by atoms with Crippen LogP contribution >= 0.6 is 11.8 Å². The molecule has 1 amide bonds. The van der Waals surface area contributed by atoms with Crippen molar-refractivity contribution >= 4 is 17.9 Å². The zero-order valence-corrected chi connectivity index (χ0v) is 12.1. The second kappa shape index (κ2) is 7.74. The van der Waals surface area contributed by atoms with Crippen molar-refractivity contribution < 1.29 is 19.0 Å². The number of methoxy groups -OCH3 is 2. The van der Waals surface area contributed by atoms with Crippen LogP contribution in [0.4, 0.5) is 4.79 Å². The molecule has 0 N–H and O–H groups in total. The first-order chi connectivity index (χ1) is 9.12. The lowest BCUT2D eigenvalue weighted by atomic mass is 10.1. The van der Waals surface area contributed by atoms with Gasteiger partial charge in [-0.05, 0) is 31.0 Å². The molecule has 0 heterocycles. The van der Waals surface area contributed by atoms with E-state index in [9.17, 15) is 4.79 Å². The highest BCUT2D eigenvalue weighted by atomic mass is 35.5. The number of benzene rings is 1. The number of hydrogen-bond donors (Lipinski definition) is 0. The largest absolute Gasteiger partial charge is 0.493 e. The van der Waals surface area contributed by atoms with E-state index in [1.54, 1.807) is 21.1 Å². The molecule has 0 atom stereocenters. The lowest BCUT2D eigenvalue weighted by Crippen LogP contribution is -2.24. The van der Waals surface area contributed by atoms with Crippen LogP contribution in [0, 0.1) is 0 Å². The van der Waals surface area contributed by atoms with Gasteiger partial charge in [-0.2, -0.15) is 0 Å². The van der Waals surface area contributed by atoms with Gasteiger partial charge < -0.3 is 14.2 Å². The maximum Gasteiger partial charge on any atom is 0.424 e. The average Bonchev–Trinajstić information content (AvgIpc) is 2.44. The first-order valence-corrected chi connectivity index (χ1v) is 6.27. The molecule has 5 nitrogen and oxygen atoms in total. The van der Waals surface area contributed by atoms with Crippen LogP contribution in [0.2, 0.25) is 0 Å². The van der Waals surface area contributed by atoms with Crippen LogP contribution in [-0.2, 0) is 11.2 Å². The first kappa shape index (κ1) is 15.4. The van der Waals surface area contributed by atoms with Gasteiger partial charge >= 0.3 is 6.09 Å². The van der Waals surface area contributed by atoms with Gasteiger partial charge in [0.2, 0.25) is 0 Å². The highest BCUT2D eigenvalue weighted by Crippen LogP contribution is 2.27. The van der Waals surface area contributed by atoms with Gasteiger partial charge in [-0.25, -0.2) is 9.21 Å². The lowest BCUT2D eigenvalue weighted by molar-refractivity contribution is 0.132. The second-order valence-electron chi connectivity index (χ2n) is 3.72. The fourth-order valence-corrected chi connectivity index (χ4v) is 1.68. The Bertz CT molecular complexity index is 425. The summed E-state index contributed by atoms with van der Waals surface area (Å²) < 4.78 is 16.2. The minimum Gasteiger partial charge on any atom is -0.493 e. The van der Waals surface area contributed by atoms with Crippen molar-refractivity contribution in [3.63, 3.8) is 0 Å². The van der Waals surface area contributed by atoms with Crippen LogP contribution in [0.5, 0.6) is 11.5 Å². The number of amides is 1. The minimum absolute atomic E-state index is 0.304. The first-order valence-electron chi connectivity index (χ1n) is 5.93. The van der Waals surface area contributed by atoms with E-state index in [0.29, 0.717) is 31.1 Å². The molecular formula is C13H18ClNO4. The van der Waals surface area contributed by atoms with Crippen LogP contribution in [-0.4, -0.2) is 37.9 Å². The zero-order valence-electron chi connectivity index (χ0n) is 11.3. The molecule has 0 aliphatic heterocycles. The molecule has 1 rings (SSSR count). The zero-order chi connectivity index (χ0) is 14.3. The Kier molecular flexibility index (Phi) is 6.29. The Balaban J connectivity index is 2.60. The maximum absolute atomic E-state index is 11.3. The molecular weight excluding hydrogens is 270 g/mol. The summed E-state index contributed by atoms with van der Waals surface area (Å²) in [4.78, 5) is 11.3. The Morgan fingerprint density at radius 1 is 1.26 bits per heavy atom. The summed E-state index contributed by atoms with van der Waals surface area (Å²) in [5.41, 5.74) is 0.993. The van der Waals surface area contributed by atoms with Crippen LogP contribution in [0.15, 0.2) is 18.2 Å². The standard InChI is InChI=1S/C13H18ClNO4/c1-4-19-13(16)15(14)8-7-10-5-6-11(17-2)12(9-10)18-3/h5-6,9H,4,7-8H2,1-3H3. The average molecular weight is 288 g/mol. The Morgan fingerprint density at radius 2 is 1.95 bits per heavy atom. The van der Waals surface area contributed by atoms with Crippen molar-refractivity contribution in [1.29, 1.82) is 0 Å². The summed E-state index contributed by atoms with van der Waals surface area (Å²) >= 11 is 5.80. The maximum atomic E-state index is 11.3. The molecule has 0 saturated carbocycles. The van der Waals surface area contributed by atoms with Crippen molar-refractivity contribution in [3.05, 3.63) is 23.8 Å². The molecule has 0 fully saturated rings. The molecule has 0 bridgehead atoms. The third-order valence-corrected chi connectivity index (χ3v) is 2.82. The van der Waals surface area contributed by atoms with Crippen LogP contribution in [0.25, 0.3) is 0 Å². The molecule has 0 aliphatic rings. The molecule has 1 aromatic carbocycles. The fraction of sp³-hybridized carbons (Fsp3) is 0.462. The topological polar surface area (TPSA) is 48.0 Å². The van der Waals surface area contributed by atoms with Crippen molar-refractivity contribution in [1.82, 2.24) is 4.42 Å². The summed E-state index contributed by atoms with van der Waals surface area (Å²) in [6.07, 6.45) is 0.0625. The highest BCUT2D eigenvalue weighted by Gasteiger charge is 2.12. The third kappa shape index (κ3) is 4.52. The molecule has 0 radical (unpaired) electrons. The predicted octanol–water partition coefficient (Wildman–Crippen LogP) is 2.86. The van der Waals surface area contributed by atoms with Crippen LogP contribution < -0.4 is 9.47 Å². The Morgan fingerprint density at radius 3 is 2.53 bits per heavy atom. The Hall–Kier alpha value is -1.62. The minimum atomic E-state index is -0.537. The number of rotatable bonds is 6. The van der Waals surface area contributed by atoms with Crippen molar-refractivity contribution in [3.8, 4) is 11.5 Å². The predicted molar refractivity (Wildman–Crippen MR) is 72.8 cm³/mol. The summed E-state index contributed by atoms with van der Waals surface area (Å²) in [7, 11) is 3.16. The van der Waals surface area contributed by atoms with Crippen molar-refractivity contribution in [2.24, 2.45) is 0 Å². The monoisotopic (exact) mass is 287 g/mol. The third-order valence-electron chi connectivity index (χ3n) is 2.51. The quantitative estimate of drug-likeness (QED) is 0.755. The van der Waals surface area contributed by atoms with Crippen LogP contribution in [0.3, 0.4) is 0 Å². The molecule has 0 saturated heterocycles. The normalized spacial score (nSPS) is 9.89. The summed E-state index contributed by atoms with van der Waals surface area (Å²) in [5.74, 6) is 1.32. The van der Waals surface area contributed by atoms with Gasteiger partial charge in [-0.1, -0.05) is 6.07 Å². The van der Waals surface area contributed by atoms with E-state index in [-0.39, 0.29) is 0 Å². The summed E-state index contributed by atoms with van der Waals surface area (Å²) in [5, 5.41) is 0. The van der Waals surface area contributed by atoms with Gasteiger partial charge in [0.15, 0.2) is 11.5 Å². The number of halogens is 1. The van der Waals surface area contributed by atoms with Gasteiger partial charge in [0.1, 0.15) is 0 Å². The van der Waals surface area contributed by atoms with Gasteiger partial charge in [0.25, 0.3) is 0 Å². The van der Waals surface area contributed by atoms with E-state index >= 15 is 0 Å². The number of nitrogens with zero attached hydrogens (tertiary/aromatic N) is 1. The van der Waals surface area contributed by atoms with E-state index in [2.05, 4.69) is 0 Å². The van der Waals surface area contributed by atoms with E-state index in [1.165, 1.54) is 0 Å². The lowest BCUT2D eigenvalue weighted by Gasteiger charge is -2.14. The van der Waals surface area contributed by atoms with Crippen molar-refractivity contribution in [2.75, 3.05) is 27.4 Å². The molecule has 0 unspecified atom stereocenters. The Labute approximate surface area is 118 Å². The van der Waals surface area contributed by atoms with Crippen molar-refractivity contribution in [2.45, 2.75) is 13.3 Å².